The summed E-state index contributed by atoms with van der Waals surface area (Å²) in [4.78, 5) is 14.2. The lowest BCUT2D eigenvalue weighted by Crippen LogP contribution is -2.42. The molecule has 1 atom stereocenters. The molecule has 1 saturated heterocycles. The Morgan fingerprint density at radius 3 is 2.91 bits per heavy atom. The summed E-state index contributed by atoms with van der Waals surface area (Å²) in [7, 11) is 0. The van der Waals surface area contributed by atoms with Crippen LogP contribution in [0.2, 0.25) is 0 Å². The fraction of sp³-hybridized carbons (Fsp3) is 0.444. The Bertz CT molecular complexity index is 598. The van der Waals surface area contributed by atoms with Gasteiger partial charge in [0.1, 0.15) is 6.61 Å². The first-order valence-electron chi connectivity index (χ1n) is 8.21. The first-order chi connectivity index (χ1) is 11.3. The maximum absolute atomic E-state index is 12.3. The highest BCUT2D eigenvalue weighted by atomic mass is 16.5. The molecule has 1 fully saturated rings. The molecule has 1 aliphatic heterocycles. The predicted molar refractivity (Wildman–Crippen MR) is 88.0 cm³/mol. The van der Waals surface area contributed by atoms with Crippen LogP contribution in [-0.2, 0) is 16.0 Å². The van der Waals surface area contributed by atoms with E-state index in [-0.39, 0.29) is 18.6 Å². The fourth-order valence-corrected chi connectivity index (χ4v) is 2.98. The molecule has 1 aliphatic rings. The number of rotatable bonds is 6. The normalized spacial score (nSPS) is 18.1. The lowest BCUT2D eigenvalue weighted by molar-refractivity contribution is -0.137. The number of piperidine rings is 1. The van der Waals surface area contributed by atoms with Crippen LogP contribution in [0.25, 0.3) is 0 Å². The van der Waals surface area contributed by atoms with Gasteiger partial charge in [-0.05, 0) is 30.9 Å². The van der Waals surface area contributed by atoms with Crippen molar-refractivity contribution in [3.63, 3.8) is 0 Å². The number of ether oxygens (including phenoxy) is 1. The van der Waals surface area contributed by atoms with Gasteiger partial charge in [0, 0.05) is 25.5 Å². The average Bonchev–Trinajstić information content (AvgIpc) is 3.14. The monoisotopic (exact) mass is 313 g/mol. The first kappa shape index (κ1) is 15.7. The van der Waals surface area contributed by atoms with E-state index in [4.69, 9.17) is 4.74 Å². The molecule has 1 aromatic carbocycles. The molecular formula is C18H23N3O2. The van der Waals surface area contributed by atoms with Gasteiger partial charge in [0.25, 0.3) is 0 Å². The second-order valence-electron chi connectivity index (χ2n) is 5.91. The van der Waals surface area contributed by atoms with Gasteiger partial charge in [-0.25, -0.2) is 0 Å². The minimum Gasteiger partial charge on any atom is -0.371 e. The highest BCUT2D eigenvalue weighted by molar-refractivity contribution is 5.77. The number of likely N-dealkylation sites (tertiary alicyclic amines) is 1. The van der Waals surface area contributed by atoms with Crippen LogP contribution in [0.5, 0.6) is 0 Å². The molecule has 122 valence electrons. The van der Waals surface area contributed by atoms with Crippen molar-refractivity contribution in [2.24, 2.45) is 0 Å². The number of hydrogen-bond donors (Lipinski definition) is 0. The Hall–Kier alpha value is -2.14. The summed E-state index contributed by atoms with van der Waals surface area (Å²) in [6.45, 7) is 2.28. The van der Waals surface area contributed by atoms with E-state index in [1.54, 1.807) is 6.20 Å². The molecule has 23 heavy (non-hydrogen) atoms. The number of benzene rings is 1. The van der Waals surface area contributed by atoms with Crippen LogP contribution in [0, 0.1) is 0 Å². The van der Waals surface area contributed by atoms with Gasteiger partial charge in [-0.2, -0.15) is 5.10 Å². The maximum Gasteiger partial charge on any atom is 0.248 e. The van der Waals surface area contributed by atoms with Gasteiger partial charge >= 0.3 is 0 Å². The Morgan fingerprint density at radius 2 is 2.13 bits per heavy atom. The third-order valence-electron chi connectivity index (χ3n) is 4.25. The third kappa shape index (κ3) is 4.42. The van der Waals surface area contributed by atoms with E-state index in [0.29, 0.717) is 6.61 Å². The van der Waals surface area contributed by atoms with Gasteiger partial charge in [-0.15, -0.1) is 0 Å². The smallest absolute Gasteiger partial charge is 0.248 e. The second kappa shape index (κ2) is 7.92. The number of aromatic nitrogens is 2. The zero-order valence-corrected chi connectivity index (χ0v) is 13.3. The number of hydrogen-bond acceptors (Lipinski definition) is 3. The van der Waals surface area contributed by atoms with E-state index in [0.717, 1.165) is 32.4 Å². The zero-order valence-electron chi connectivity index (χ0n) is 13.3. The molecule has 5 heteroatoms. The van der Waals surface area contributed by atoms with Crippen LogP contribution in [-0.4, -0.2) is 46.9 Å². The van der Waals surface area contributed by atoms with Crippen LogP contribution in [0.4, 0.5) is 0 Å². The Kier molecular flexibility index (Phi) is 5.42. The van der Waals surface area contributed by atoms with Gasteiger partial charge in [0.05, 0.1) is 12.6 Å². The maximum atomic E-state index is 12.3. The van der Waals surface area contributed by atoms with Crippen molar-refractivity contribution >= 4 is 5.91 Å². The summed E-state index contributed by atoms with van der Waals surface area (Å²) in [5.41, 5.74) is 1.23. The molecule has 3 rings (SSSR count). The lowest BCUT2D eigenvalue weighted by Gasteiger charge is -2.32. The SMILES string of the molecule is O=C(COCCc1ccccc1)N1CCC[C@@H](n2cccn2)C1. The molecule has 1 amide bonds. The Morgan fingerprint density at radius 1 is 1.26 bits per heavy atom. The molecule has 2 heterocycles. The summed E-state index contributed by atoms with van der Waals surface area (Å²) in [5.74, 6) is 0.0786. The molecular weight excluding hydrogens is 290 g/mol. The number of carbonyl (C=O) groups excluding carboxylic acids is 1. The molecule has 2 aromatic rings. The summed E-state index contributed by atoms with van der Waals surface area (Å²) < 4.78 is 7.52. The molecule has 0 bridgehead atoms. The Labute approximate surface area is 136 Å². The standard InChI is InChI=1S/C18H23N3O2/c22-18(15-23-13-9-16-6-2-1-3-7-16)20-11-4-8-17(14-20)21-12-5-10-19-21/h1-3,5-7,10,12,17H,4,8-9,11,13-15H2/t17-/m1/s1. The molecule has 5 nitrogen and oxygen atoms in total. The van der Waals surface area contributed by atoms with E-state index in [1.807, 2.05) is 40.0 Å². The summed E-state index contributed by atoms with van der Waals surface area (Å²) in [6, 6.07) is 12.4. The van der Waals surface area contributed by atoms with Crippen molar-refractivity contribution in [2.45, 2.75) is 25.3 Å². The molecule has 0 saturated carbocycles. The van der Waals surface area contributed by atoms with Gasteiger partial charge < -0.3 is 9.64 Å². The van der Waals surface area contributed by atoms with Crippen molar-refractivity contribution < 1.29 is 9.53 Å². The largest absolute Gasteiger partial charge is 0.371 e. The Balaban J connectivity index is 1.41. The van der Waals surface area contributed by atoms with Gasteiger partial charge in [0.15, 0.2) is 0 Å². The molecule has 0 unspecified atom stereocenters. The van der Waals surface area contributed by atoms with Gasteiger partial charge in [-0.3, -0.25) is 9.48 Å². The topological polar surface area (TPSA) is 47.4 Å². The average molecular weight is 313 g/mol. The van der Waals surface area contributed by atoms with Gasteiger partial charge in [-0.1, -0.05) is 30.3 Å². The number of amides is 1. The summed E-state index contributed by atoms with van der Waals surface area (Å²) >= 11 is 0. The fourth-order valence-electron chi connectivity index (χ4n) is 2.98. The van der Waals surface area contributed by atoms with Crippen molar-refractivity contribution in [3.8, 4) is 0 Å². The molecule has 0 N–H and O–H groups in total. The van der Waals surface area contributed by atoms with Crippen LogP contribution in [0.15, 0.2) is 48.8 Å². The van der Waals surface area contributed by atoms with E-state index in [1.165, 1.54) is 5.56 Å². The van der Waals surface area contributed by atoms with E-state index >= 15 is 0 Å². The first-order valence-corrected chi connectivity index (χ1v) is 8.21. The van der Waals surface area contributed by atoms with Crippen LogP contribution >= 0.6 is 0 Å². The minimum atomic E-state index is 0.0786. The van der Waals surface area contributed by atoms with Crippen molar-refractivity contribution in [2.75, 3.05) is 26.3 Å². The van der Waals surface area contributed by atoms with Crippen LogP contribution < -0.4 is 0 Å². The number of nitrogens with zero attached hydrogens (tertiary/aromatic N) is 3. The van der Waals surface area contributed by atoms with Crippen molar-refractivity contribution in [3.05, 3.63) is 54.4 Å². The summed E-state index contributed by atoms with van der Waals surface area (Å²) in [5, 5.41) is 4.29. The number of carbonyl (C=O) groups is 1. The molecule has 0 radical (unpaired) electrons. The highest BCUT2D eigenvalue weighted by Gasteiger charge is 2.24. The van der Waals surface area contributed by atoms with Crippen molar-refractivity contribution in [1.29, 1.82) is 0 Å². The van der Waals surface area contributed by atoms with E-state index in [9.17, 15) is 4.79 Å². The molecule has 1 aromatic heterocycles. The highest BCUT2D eigenvalue weighted by Crippen LogP contribution is 2.20. The van der Waals surface area contributed by atoms with Crippen LogP contribution in [0.1, 0.15) is 24.4 Å². The third-order valence-corrected chi connectivity index (χ3v) is 4.25. The van der Waals surface area contributed by atoms with E-state index < -0.39 is 0 Å². The minimum absolute atomic E-state index is 0.0786. The molecule has 0 spiro atoms. The van der Waals surface area contributed by atoms with Crippen LogP contribution in [0.3, 0.4) is 0 Å². The lowest BCUT2D eigenvalue weighted by atomic mass is 10.1. The van der Waals surface area contributed by atoms with E-state index in [2.05, 4.69) is 17.2 Å². The summed E-state index contributed by atoms with van der Waals surface area (Å²) in [6.07, 6.45) is 6.67. The van der Waals surface area contributed by atoms with Gasteiger partial charge in [0.2, 0.25) is 5.91 Å². The predicted octanol–water partition coefficient (Wildman–Crippen LogP) is 2.31. The molecule has 0 aliphatic carbocycles. The van der Waals surface area contributed by atoms with Crippen molar-refractivity contribution in [1.82, 2.24) is 14.7 Å². The quantitative estimate of drug-likeness (QED) is 0.769. The zero-order chi connectivity index (χ0) is 15.9. The second-order valence-corrected chi connectivity index (χ2v) is 5.91.